The van der Waals surface area contributed by atoms with Crippen molar-refractivity contribution >= 4 is 0 Å². The van der Waals surface area contributed by atoms with E-state index in [1.807, 2.05) is 0 Å². The third-order valence-electron chi connectivity index (χ3n) is 2.72. The monoisotopic (exact) mass is 258 g/mol. The van der Waals surface area contributed by atoms with E-state index in [4.69, 9.17) is 4.63 Å². The molecule has 3 rings (SSSR count). The Bertz CT molecular complexity index is 630. The molecule has 0 radical (unpaired) electrons. The van der Waals surface area contributed by atoms with E-state index in [9.17, 15) is 8.78 Å². The number of aromatic nitrogens is 2. The zero-order valence-electron chi connectivity index (χ0n) is 9.68. The lowest BCUT2D eigenvalue weighted by Gasteiger charge is -2.00. The fraction of sp³-hybridized carbons (Fsp3) is 0. The van der Waals surface area contributed by atoms with Crippen LogP contribution in [-0.2, 0) is 0 Å². The van der Waals surface area contributed by atoms with Gasteiger partial charge in [0.1, 0.15) is 23.0 Å². The van der Waals surface area contributed by atoms with Crippen LogP contribution in [0.15, 0.2) is 53.2 Å². The first-order valence-electron chi connectivity index (χ1n) is 5.58. The molecule has 0 aliphatic carbocycles. The number of nitrogens with zero attached hydrogens (tertiary/aromatic N) is 2. The molecule has 0 unspecified atom stereocenters. The first-order valence-corrected chi connectivity index (χ1v) is 5.58. The van der Waals surface area contributed by atoms with Gasteiger partial charge in [-0.25, -0.2) is 13.4 Å². The van der Waals surface area contributed by atoms with E-state index in [1.165, 1.54) is 24.3 Å². The molecule has 19 heavy (non-hydrogen) atoms. The molecule has 0 atom stereocenters. The summed E-state index contributed by atoms with van der Waals surface area (Å²) in [6.07, 6.45) is 0. The summed E-state index contributed by atoms with van der Waals surface area (Å²) >= 11 is 0. The highest BCUT2D eigenvalue weighted by Gasteiger charge is 2.14. The molecule has 0 aliphatic heterocycles. The van der Waals surface area contributed by atoms with E-state index in [-0.39, 0.29) is 11.6 Å². The zero-order valence-corrected chi connectivity index (χ0v) is 9.68. The van der Waals surface area contributed by atoms with Crippen LogP contribution in [-0.4, -0.2) is 10.3 Å². The van der Waals surface area contributed by atoms with Crippen molar-refractivity contribution in [3.8, 4) is 22.5 Å². The second-order valence-corrected chi connectivity index (χ2v) is 3.98. The van der Waals surface area contributed by atoms with Crippen LogP contribution >= 0.6 is 0 Å². The molecule has 0 N–H and O–H groups in total. The van der Waals surface area contributed by atoms with Gasteiger partial charge in [-0.2, -0.15) is 0 Å². The maximum atomic E-state index is 12.9. The van der Waals surface area contributed by atoms with Gasteiger partial charge in [-0.15, -0.1) is 0 Å². The second kappa shape index (κ2) is 4.61. The van der Waals surface area contributed by atoms with Crippen LogP contribution in [0.4, 0.5) is 8.78 Å². The van der Waals surface area contributed by atoms with Gasteiger partial charge < -0.3 is 0 Å². The molecule has 0 amide bonds. The predicted molar refractivity (Wildman–Crippen MR) is 65.1 cm³/mol. The van der Waals surface area contributed by atoms with Crippen LogP contribution in [0.2, 0.25) is 0 Å². The molecule has 1 aromatic heterocycles. The SMILES string of the molecule is Fc1ccc(-c2nonc2-c2ccc(F)cc2)cc1. The Morgan fingerprint density at radius 3 is 1.37 bits per heavy atom. The molecular weight excluding hydrogens is 250 g/mol. The molecule has 2 aromatic carbocycles. The molecule has 0 bridgehead atoms. The predicted octanol–water partition coefficient (Wildman–Crippen LogP) is 3.68. The maximum Gasteiger partial charge on any atom is 0.143 e. The normalized spacial score (nSPS) is 10.6. The second-order valence-electron chi connectivity index (χ2n) is 3.98. The van der Waals surface area contributed by atoms with Crippen LogP contribution in [0.3, 0.4) is 0 Å². The summed E-state index contributed by atoms with van der Waals surface area (Å²) < 4.78 is 30.5. The number of hydrogen-bond acceptors (Lipinski definition) is 3. The van der Waals surface area contributed by atoms with Gasteiger partial charge in [0.2, 0.25) is 0 Å². The summed E-state index contributed by atoms with van der Waals surface area (Å²) in [5.41, 5.74) is 2.35. The molecule has 0 fully saturated rings. The largest absolute Gasteiger partial charge is 0.243 e. The molecule has 1 heterocycles. The summed E-state index contributed by atoms with van der Waals surface area (Å²) in [5.74, 6) is -0.660. The minimum absolute atomic E-state index is 0.330. The number of rotatable bonds is 2. The van der Waals surface area contributed by atoms with Gasteiger partial charge in [-0.1, -0.05) is 0 Å². The first-order chi connectivity index (χ1) is 9.24. The summed E-state index contributed by atoms with van der Waals surface area (Å²) in [6, 6.07) is 11.7. The molecule has 0 spiro atoms. The van der Waals surface area contributed by atoms with Gasteiger partial charge in [0, 0.05) is 11.1 Å². The molecule has 0 saturated heterocycles. The molecule has 0 aliphatic rings. The van der Waals surface area contributed by atoms with Crippen molar-refractivity contribution in [1.29, 1.82) is 0 Å². The Labute approximate surface area is 107 Å². The number of benzene rings is 2. The van der Waals surface area contributed by atoms with Crippen LogP contribution < -0.4 is 0 Å². The van der Waals surface area contributed by atoms with E-state index < -0.39 is 0 Å². The van der Waals surface area contributed by atoms with Crippen molar-refractivity contribution in [2.75, 3.05) is 0 Å². The lowest BCUT2D eigenvalue weighted by atomic mass is 10.1. The van der Waals surface area contributed by atoms with Crippen molar-refractivity contribution in [3.05, 3.63) is 60.2 Å². The topological polar surface area (TPSA) is 38.9 Å². The summed E-state index contributed by atoms with van der Waals surface area (Å²) in [4.78, 5) is 0. The third kappa shape index (κ3) is 2.22. The fourth-order valence-corrected chi connectivity index (χ4v) is 1.78. The minimum Gasteiger partial charge on any atom is -0.243 e. The lowest BCUT2D eigenvalue weighted by molar-refractivity contribution is 0.310. The lowest BCUT2D eigenvalue weighted by Crippen LogP contribution is -1.85. The minimum atomic E-state index is -0.330. The molecule has 3 nitrogen and oxygen atoms in total. The van der Waals surface area contributed by atoms with Gasteiger partial charge in [-0.05, 0) is 58.8 Å². The van der Waals surface area contributed by atoms with E-state index in [0.717, 1.165) is 0 Å². The van der Waals surface area contributed by atoms with E-state index in [2.05, 4.69) is 10.3 Å². The average molecular weight is 258 g/mol. The van der Waals surface area contributed by atoms with Crippen LogP contribution in [0.5, 0.6) is 0 Å². The van der Waals surface area contributed by atoms with Crippen molar-refractivity contribution in [2.45, 2.75) is 0 Å². The van der Waals surface area contributed by atoms with Crippen LogP contribution in [0.1, 0.15) is 0 Å². The Kier molecular flexibility index (Phi) is 2.79. The quantitative estimate of drug-likeness (QED) is 0.703. The molecule has 5 heteroatoms. The maximum absolute atomic E-state index is 12.9. The van der Waals surface area contributed by atoms with Gasteiger partial charge in [0.25, 0.3) is 0 Å². The van der Waals surface area contributed by atoms with Gasteiger partial charge in [0.05, 0.1) is 0 Å². The molecule has 94 valence electrons. The van der Waals surface area contributed by atoms with Crippen molar-refractivity contribution in [3.63, 3.8) is 0 Å². The first kappa shape index (κ1) is 11.5. The Balaban J connectivity index is 2.07. The van der Waals surface area contributed by atoms with E-state index in [0.29, 0.717) is 22.5 Å². The third-order valence-corrected chi connectivity index (χ3v) is 2.72. The fourth-order valence-electron chi connectivity index (χ4n) is 1.78. The number of hydrogen-bond donors (Lipinski definition) is 0. The highest BCUT2D eigenvalue weighted by Crippen LogP contribution is 2.28. The Hall–Kier alpha value is -2.56. The smallest absolute Gasteiger partial charge is 0.143 e. The highest BCUT2D eigenvalue weighted by atomic mass is 19.1. The standard InChI is InChI=1S/C14H8F2N2O/c15-11-5-1-9(2-6-11)13-14(18-19-17-13)10-3-7-12(16)8-4-10/h1-8H. The molecule has 3 aromatic rings. The number of halogens is 2. The van der Waals surface area contributed by atoms with E-state index >= 15 is 0 Å². The molecular formula is C14H8F2N2O. The Morgan fingerprint density at radius 1 is 0.632 bits per heavy atom. The van der Waals surface area contributed by atoms with Crippen LogP contribution in [0, 0.1) is 11.6 Å². The van der Waals surface area contributed by atoms with Gasteiger partial charge >= 0.3 is 0 Å². The van der Waals surface area contributed by atoms with Gasteiger partial charge in [0.15, 0.2) is 0 Å². The van der Waals surface area contributed by atoms with Crippen molar-refractivity contribution in [2.24, 2.45) is 0 Å². The van der Waals surface area contributed by atoms with Crippen molar-refractivity contribution in [1.82, 2.24) is 10.3 Å². The van der Waals surface area contributed by atoms with Gasteiger partial charge in [-0.3, -0.25) is 0 Å². The zero-order chi connectivity index (χ0) is 13.2. The summed E-state index contributed by atoms with van der Waals surface area (Å²) in [5, 5.41) is 7.63. The highest BCUT2D eigenvalue weighted by molar-refractivity contribution is 5.76. The van der Waals surface area contributed by atoms with Crippen LogP contribution in [0.25, 0.3) is 22.5 Å². The Morgan fingerprint density at radius 2 is 1.00 bits per heavy atom. The molecule has 0 saturated carbocycles. The summed E-state index contributed by atoms with van der Waals surface area (Å²) in [7, 11) is 0. The average Bonchev–Trinajstić information content (AvgIpc) is 2.90. The summed E-state index contributed by atoms with van der Waals surface area (Å²) in [6.45, 7) is 0. The van der Waals surface area contributed by atoms with Crippen molar-refractivity contribution < 1.29 is 13.4 Å². The van der Waals surface area contributed by atoms with E-state index in [1.54, 1.807) is 24.3 Å².